The predicted octanol–water partition coefficient (Wildman–Crippen LogP) is 1.61. The standard InChI is InChI=1S/C11H16N4O/c1-7-4-10(8(2)16-7)5-12-6-11-13-9(3)14-15-11/h4,12H,5-6H2,1-3H3,(H,13,14,15). The van der Waals surface area contributed by atoms with Crippen LogP contribution < -0.4 is 5.32 Å². The van der Waals surface area contributed by atoms with Crippen LogP contribution in [0.4, 0.5) is 0 Å². The van der Waals surface area contributed by atoms with E-state index in [0.717, 1.165) is 29.7 Å². The van der Waals surface area contributed by atoms with Gasteiger partial charge in [-0.25, -0.2) is 4.98 Å². The van der Waals surface area contributed by atoms with Crippen molar-refractivity contribution < 1.29 is 4.42 Å². The SMILES string of the molecule is Cc1nc(CNCc2cc(C)oc2C)n[nH]1. The normalized spacial score (nSPS) is 10.9. The molecule has 0 unspecified atom stereocenters. The summed E-state index contributed by atoms with van der Waals surface area (Å²) in [5, 5.41) is 10.1. The first kappa shape index (κ1) is 10.9. The molecule has 2 N–H and O–H groups in total. The van der Waals surface area contributed by atoms with Crippen molar-refractivity contribution in [2.24, 2.45) is 0 Å². The second-order valence-electron chi connectivity index (χ2n) is 3.88. The molecule has 0 fully saturated rings. The van der Waals surface area contributed by atoms with Crippen molar-refractivity contribution in [3.05, 3.63) is 34.8 Å². The largest absolute Gasteiger partial charge is 0.466 e. The molecule has 0 aliphatic heterocycles. The Morgan fingerprint density at radius 2 is 2.12 bits per heavy atom. The zero-order valence-corrected chi connectivity index (χ0v) is 9.79. The summed E-state index contributed by atoms with van der Waals surface area (Å²) < 4.78 is 5.44. The molecule has 0 bridgehead atoms. The fourth-order valence-corrected chi connectivity index (χ4v) is 1.64. The van der Waals surface area contributed by atoms with Gasteiger partial charge < -0.3 is 9.73 Å². The van der Waals surface area contributed by atoms with E-state index in [1.54, 1.807) is 0 Å². The van der Waals surface area contributed by atoms with Crippen LogP contribution in [-0.2, 0) is 13.1 Å². The fourth-order valence-electron chi connectivity index (χ4n) is 1.64. The number of nitrogens with one attached hydrogen (secondary N) is 2. The highest BCUT2D eigenvalue weighted by atomic mass is 16.3. The Balaban J connectivity index is 1.86. The summed E-state index contributed by atoms with van der Waals surface area (Å²) in [6.45, 7) is 7.25. The lowest BCUT2D eigenvalue weighted by Gasteiger charge is -1.99. The topological polar surface area (TPSA) is 66.7 Å². The van der Waals surface area contributed by atoms with Gasteiger partial charge in [0.15, 0.2) is 5.82 Å². The number of hydrogen-bond acceptors (Lipinski definition) is 4. The van der Waals surface area contributed by atoms with Crippen LogP contribution in [0.2, 0.25) is 0 Å². The average Bonchev–Trinajstić information content (AvgIpc) is 2.74. The molecule has 5 heteroatoms. The van der Waals surface area contributed by atoms with Gasteiger partial charge in [-0.15, -0.1) is 0 Å². The van der Waals surface area contributed by atoms with Crippen molar-refractivity contribution in [2.75, 3.05) is 0 Å². The number of hydrogen-bond donors (Lipinski definition) is 2. The number of furan rings is 1. The Hall–Kier alpha value is -1.62. The number of nitrogens with zero attached hydrogens (tertiary/aromatic N) is 2. The maximum absolute atomic E-state index is 5.44. The maximum atomic E-state index is 5.44. The summed E-state index contributed by atoms with van der Waals surface area (Å²) in [6, 6.07) is 2.05. The molecule has 2 aromatic heterocycles. The number of aromatic nitrogens is 3. The molecule has 0 saturated carbocycles. The van der Waals surface area contributed by atoms with Crippen molar-refractivity contribution in [3.63, 3.8) is 0 Å². The smallest absolute Gasteiger partial charge is 0.164 e. The first-order valence-electron chi connectivity index (χ1n) is 5.29. The molecule has 2 rings (SSSR count). The van der Waals surface area contributed by atoms with Crippen LogP contribution in [-0.4, -0.2) is 15.2 Å². The van der Waals surface area contributed by atoms with E-state index in [4.69, 9.17) is 4.42 Å². The van der Waals surface area contributed by atoms with Crippen molar-refractivity contribution in [1.29, 1.82) is 0 Å². The van der Waals surface area contributed by atoms with Gasteiger partial charge in [-0.05, 0) is 26.8 Å². The monoisotopic (exact) mass is 220 g/mol. The molecule has 0 aromatic carbocycles. The van der Waals surface area contributed by atoms with Crippen LogP contribution in [0.15, 0.2) is 10.5 Å². The molecule has 0 amide bonds. The maximum Gasteiger partial charge on any atom is 0.164 e. The van der Waals surface area contributed by atoms with E-state index < -0.39 is 0 Å². The highest BCUT2D eigenvalue weighted by Gasteiger charge is 2.04. The van der Waals surface area contributed by atoms with Gasteiger partial charge in [0.2, 0.25) is 0 Å². The Labute approximate surface area is 94.3 Å². The fraction of sp³-hybridized carbons (Fsp3) is 0.455. The Morgan fingerprint density at radius 1 is 1.31 bits per heavy atom. The number of aryl methyl sites for hydroxylation is 3. The molecule has 0 radical (unpaired) electrons. The van der Waals surface area contributed by atoms with Crippen LogP contribution in [0.25, 0.3) is 0 Å². The molecule has 0 atom stereocenters. The van der Waals surface area contributed by atoms with E-state index in [-0.39, 0.29) is 0 Å². The van der Waals surface area contributed by atoms with Gasteiger partial charge in [-0.2, -0.15) is 5.10 Å². The van der Waals surface area contributed by atoms with Crippen LogP contribution >= 0.6 is 0 Å². The summed E-state index contributed by atoms with van der Waals surface area (Å²) in [5.41, 5.74) is 1.18. The first-order chi connectivity index (χ1) is 7.65. The molecule has 0 aliphatic rings. The lowest BCUT2D eigenvalue weighted by Crippen LogP contribution is -2.13. The van der Waals surface area contributed by atoms with E-state index in [2.05, 4.69) is 20.5 Å². The Kier molecular flexibility index (Phi) is 3.05. The molecule has 86 valence electrons. The van der Waals surface area contributed by atoms with Gasteiger partial charge in [0.1, 0.15) is 17.3 Å². The molecule has 5 nitrogen and oxygen atoms in total. The number of H-pyrrole nitrogens is 1. The van der Waals surface area contributed by atoms with Gasteiger partial charge in [0.25, 0.3) is 0 Å². The van der Waals surface area contributed by atoms with E-state index in [9.17, 15) is 0 Å². The highest BCUT2D eigenvalue weighted by molar-refractivity contribution is 5.19. The summed E-state index contributed by atoms with van der Waals surface area (Å²) in [6.07, 6.45) is 0. The molecule has 2 aromatic rings. The third kappa shape index (κ3) is 2.49. The lowest BCUT2D eigenvalue weighted by atomic mass is 10.2. The Morgan fingerprint density at radius 3 is 2.69 bits per heavy atom. The van der Waals surface area contributed by atoms with E-state index in [1.807, 2.05) is 26.8 Å². The molecular formula is C11H16N4O. The quantitative estimate of drug-likeness (QED) is 0.821. The van der Waals surface area contributed by atoms with Gasteiger partial charge in [0, 0.05) is 12.1 Å². The Bertz CT molecular complexity index is 472. The second kappa shape index (κ2) is 4.49. The van der Waals surface area contributed by atoms with E-state index >= 15 is 0 Å². The van der Waals surface area contributed by atoms with Crippen LogP contribution in [0.1, 0.15) is 28.7 Å². The third-order valence-corrected chi connectivity index (χ3v) is 2.39. The van der Waals surface area contributed by atoms with Crippen molar-refractivity contribution in [3.8, 4) is 0 Å². The summed E-state index contributed by atoms with van der Waals surface area (Å²) >= 11 is 0. The minimum absolute atomic E-state index is 0.661. The highest BCUT2D eigenvalue weighted by Crippen LogP contribution is 2.13. The molecule has 16 heavy (non-hydrogen) atoms. The van der Waals surface area contributed by atoms with Crippen LogP contribution in [0.5, 0.6) is 0 Å². The van der Waals surface area contributed by atoms with Crippen molar-refractivity contribution in [1.82, 2.24) is 20.5 Å². The van der Waals surface area contributed by atoms with Gasteiger partial charge in [0.05, 0.1) is 6.54 Å². The molecule has 0 aliphatic carbocycles. The van der Waals surface area contributed by atoms with Gasteiger partial charge >= 0.3 is 0 Å². The van der Waals surface area contributed by atoms with E-state index in [1.165, 1.54) is 5.56 Å². The van der Waals surface area contributed by atoms with Gasteiger partial charge in [-0.3, -0.25) is 5.10 Å². The molecular weight excluding hydrogens is 204 g/mol. The lowest BCUT2D eigenvalue weighted by molar-refractivity contribution is 0.498. The number of rotatable bonds is 4. The summed E-state index contributed by atoms with van der Waals surface area (Å²) in [5.74, 6) is 3.54. The predicted molar refractivity (Wildman–Crippen MR) is 59.8 cm³/mol. The van der Waals surface area contributed by atoms with Crippen molar-refractivity contribution >= 4 is 0 Å². The van der Waals surface area contributed by atoms with E-state index in [0.29, 0.717) is 6.54 Å². The van der Waals surface area contributed by atoms with Crippen molar-refractivity contribution in [2.45, 2.75) is 33.9 Å². The summed E-state index contributed by atoms with van der Waals surface area (Å²) in [4.78, 5) is 4.22. The number of aromatic amines is 1. The van der Waals surface area contributed by atoms with Crippen LogP contribution in [0, 0.1) is 20.8 Å². The minimum Gasteiger partial charge on any atom is -0.466 e. The first-order valence-corrected chi connectivity index (χ1v) is 5.29. The van der Waals surface area contributed by atoms with Gasteiger partial charge in [-0.1, -0.05) is 0 Å². The zero-order valence-electron chi connectivity index (χ0n) is 9.79. The second-order valence-corrected chi connectivity index (χ2v) is 3.88. The molecule has 2 heterocycles. The molecule has 0 saturated heterocycles. The minimum atomic E-state index is 0.661. The average molecular weight is 220 g/mol. The zero-order chi connectivity index (χ0) is 11.5. The molecule has 0 spiro atoms. The summed E-state index contributed by atoms with van der Waals surface area (Å²) in [7, 11) is 0. The van der Waals surface area contributed by atoms with Crippen LogP contribution in [0.3, 0.4) is 0 Å². The third-order valence-electron chi connectivity index (χ3n) is 2.39.